The minimum Gasteiger partial charge on any atom is -0.465 e. The van der Waals surface area contributed by atoms with Gasteiger partial charge >= 0.3 is 5.97 Å². The molecule has 1 aromatic rings. The molecule has 5 nitrogen and oxygen atoms in total. The van der Waals surface area contributed by atoms with E-state index in [2.05, 4.69) is 4.98 Å². The molecule has 0 saturated heterocycles. The number of rotatable bonds is 6. The van der Waals surface area contributed by atoms with Gasteiger partial charge in [0, 0.05) is 6.54 Å². The smallest absolute Gasteiger partial charge is 0.325 e. The van der Waals surface area contributed by atoms with Crippen LogP contribution >= 0.6 is 11.3 Å². The molecule has 0 aliphatic rings. The Kier molecular flexibility index (Phi) is 5.77. The lowest BCUT2D eigenvalue weighted by Crippen LogP contribution is -2.36. The van der Waals surface area contributed by atoms with E-state index in [9.17, 15) is 9.59 Å². The number of aromatic nitrogens is 1. The number of ether oxygens (including phenoxy) is 1. The third-order valence-electron chi connectivity index (χ3n) is 2.24. The first kappa shape index (κ1) is 14.6. The van der Waals surface area contributed by atoms with E-state index in [0.29, 0.717) is 18.0 Å². The van der Waals surface area contributed by atoms with Gasteiger partial charge in [-0.3, -0.25) is 9.59 Å². The van der Waals surface area contributed by atoms with E-state index in [1.807, 2.05) is 13.8 Å². The highest BCUT2D eigenvalue weighted by molar-refractivity contribution is 7.13. The summed E-state index contributed by atoms with van der Waals surface area (Å²) in [6.45, 7) is 6.41. The molecule has 1 aromatic heterocycles. The van der Waals surface area contributed by atoms with Crippen molar-refractivity contribution in [3.63, 3.8) is 0 Å². The molecule has 1 rings (SSSR count). The summed E-state index contributed by atoms with van der Waals surface area (Å²) in [6, 6.07) is 0. The summed E-state index contributed by atoms with van der Waals surface area (Å²) in [5, 5.41) is 0.839. The average Bonchev–Trinajstić information content (AvgIpc) is 2.75. The second-order valence-electron chi connectivity index (χ2n) is 3.78. The van der Waals surface area contributed by atoms with Gasteiger partial charge in [0.25, 0.3) is 5.91 Å². The zero-order chi connectivity index (χ0) is 13.5. The minimum absolute atomic E-state index is 0.00252. The molecular formula is C12H18N2O3S. The Balaban J connectivity index is 2.71. The lowest BCUT2D eigenvalue weighted by molar-refractivity contribution is -0.143. The van der Waals surface area contributed by atoms with Crippen LogP contribution in [0.15, 0.2) is 6.20 Å². The topological polar surface area (TPSA) is 59.5 Å². The van der Waals surface area contributed by atoms with Crippen molar-refractivity contribution < 1.29 is 14.3 Å². The molecule has 1 amide bonds. The van der Waals surface area contributed by atoms with Crippen LogP contribution in [-0.4, -0.2) is 41.5 Å². The zero-order valence-electron chi connectivity index (χ0n) is 10.9. The Morgan fingerprint density at radius 1 is 1.44 bits per heavy atom. The van der Waals surface area contributed by atoms with E-state index in [1.165, 1.54) is 16.2 Å². The monoisotopic (exact) mass is 270 g/mol. The van der Waals surface area contributed by atoms with Crippen molar-refractivity contribution in [3.8, 4) is 0 Å². The summed E-state index contributed by atoms with van der Waals surface area (Å²) in [5.74, 6) is -0.531. The molecule has 0 saturated carbocycles. The molecule has 0 atom stereocenters. The fraction of sp³-hybridized carbons (Fsp3) is 0.583. The lowest BCUT2D eigenvalue weighted by Gasteiger charge is -2.19. The van der Waals surface area contributed by atoms with Crippen molar-refractivity contribution >= 4 is 23.2 Å². The Hall–Kier alpha value is -1.43. The highest BCUT2D eigenvalue weighted by atomic mass is 32.1. The van der Waals surface area contributed by atoms with Crippen LogP contribution < -0.4 is 0 Å². The summed E-state index contributed by atoms with van der Waals surface area (Å²) in [6.07, 6.45) is 2.35. The van der Waals surface area contributed by atoms with Crippen LogP contribution in [0.1, 0.15) is 34.9 Å². The van der Waals surface area contributed by atoms with Gasteiger partial charge in [-0.1, -0.05) is 6.92 Å². The standard InChI is InChI=1S/C12H18N2O3S/c1-4-6-14(8-11(15)17-5-2)12(16)10-7-13-9(3)18-10/h7H,4-6,8H2,1-3H3. The summed E-state index contributed by atoms with van der Waals surface area (Å²) < 4.78 is 4.86. The van der Waals surface area contributed by atoms with E-state index < -0.39 is 0 Å². The Bertz CT molecular complexity index is 417. The highest BCUT2D eigenvalue weighted by Gasteiger charge is 2.20. The number of carbonyl (C=O) groups excluding carboxylic acids is 2. The van der Waals surface area contributed by atoms with Crippen LogP contribution in [0.2, 0.25) is 0 Å². The van der Waals surface area contributed by atoms with Gasteiger partial charge in [-0.05, 0) is 20.3 Å². The van der Waals surface area contributed by atoms with E-state index in [-0.39, 0.29) is 18.4 Å². The molecule has 0 aliphatic heterocycles. The molecule has 0 fully saturated rings. The largest absolute Gasteiger partial charge is 0.465 e. The van der Waals surface area contributed by atoms with Crippen molar-refractivity contribution in [1.82, 2.24) is 9.88 Å². The maximum atomic E-state index is 12.2. The van der Waals surface area contributed by atoms with Crippen molar-refractivity contribution in [1.29, 1.82) is 0 Å². The third-order valence-corrected chi connectivity index (χ3v) is 3.14. The van der Waals surface area contributed by atoms with Crippen LogP contribution in [-0.2, 0) is 9.53 Å². The summed E-state index contributed by atoms with van der Waals surface area (Å²) in [4.78, 5) is 29.7. The second kappa shape index (κ2) is 7.10. The molecule has 0 aliphatic carbocycles. The fourth-order valence-electron chi connectivity index (χ4n) is 1.50. The second-order valence-corrected chi connectivity index (χ2v) is 5.01. The van der Waals surface area contributed by atoms with Gasteiger partial charge in [-0.15, -0.1) is 11.3 Å². The average molecular weight is 270 g/mol. The lowest BCUT2D eigenvalue weighted by atomic mass is 10.3. The number of aryl methyl sites for hydroxylation is 1. The van der Waals surface area contributed by atoms with Crippen LogP contribution in [0.4, 0.5) is 0 Å². The third kappa shape index (κ3) is 4.10. The Morgan fingerprint density at radius 3 is 2.67 bits per heavy atom. The number of hydrogen-bond acceptors (Lipinski definition) is 5. The summed E-state index contributed by atoms with van der Waals surface area (Å²) in [5.41, 5.74) is 0. The fourth-order valence-corrected chi connectivity index (χ4v) is 2.25. The van der Waals surface area contributed by atoms with E-state index >= 15 is 0 Å². The number of thiazole rings is 1. The van der Waals surface area contributed by atoms with Gasteiger partial charge in [0.2, 0.25) is 0 Å². The van der Waals surface area contributed by atoms with Crippen LogP contribution in [0.5, 0.6) is 0 Å². The maximum absolute atomic E-state index is 12.2. The molecule has 0 N–H and O–H groups in total. The number of carbonyl (C=O) groups is 2. The predicted molar refractivity (Wildman–Crippen MR) is 69.7 cm³/mol. The van der Waals surface area contributed by atoms with Gasteiger partial charge in [0.15, 0.2) is 0 Å². The molecule has 0 radical (unpaired) electrons. The van der Waals surface area contributed by atoms with Crippen molar-refractivity contribution in [2.24, 2.45) is 0 Å². The molecule has 6 heteroatoms. The first-order chi connectivity index (χ1) is 8.58. The summed E-state index contributed by atoms with van der Waals surface area (Å²) >= 11 is 1.34. The van der Waals surface area contributed by atoms with Gasteiger partial charge < -0.3 is 9.64 Å². The molecule has 0 unspecified atom stereocenters. The highest BCUT2D eigenvalue weighted by Crippen LogP contribution is 2.14. The van der Waals surface area contributed by atoms with Gasteiger partial charge in [-0.2, -0.15) is 0 Å². The van der Waals surface area contributed by atoms with Gasteiger partial charge in [0.1, 0.15) is 11.4 Å². The maximum Gasteiger partial charge on any atom is 0.325 e. The van der Waals surface area contributed by atoms with E-state index in [0.717, 1.165) is 11.4 Å². The van der Waals surface area contributed by atoms with Gasteiger partial charge in [-0.25, -0.2) is 4.98 Å². The number of hydrogen-bond donors (Lipinski definition) is 0. The van der Waals surface area contributed by atoms with E-state index in [4.69, 9.17) is 4.74 Å². The Morgan fingerprint density at radius 2 is 2.17 bits per heavy atom. The molecule has 0 aromatic carbocycles. The van der Waals surface area contributed by atoms with Crippen LogP contribution in [0.25, 0.3) is 0 Å². The SMILES string of the molecule is CCCN(CC(=O)OCC)C(=O)c1cnc(C)s1. The predicted octanol–water partition coefficient (Wildman–Crippen LogP) is 1.87. The van der Waals surface area contributed by atoms with Gasteiger partial charge in [0.05, 0.1) is 17.8 Å². The first-order valence-corrected chi connectivity index (χ1v) is 6.77. The zero-order valence-corrected chi connectivity index (χ0v) is 11.7. The normalized spacial score (nSPS) is 10.2. The molecular weight excluding hydrogens is 252 g/mol. The molecule has 0 spiro atoms. The number of esters is 1. The van der Waals surface area contributed by atoms with Crippen molar-refractivity contribution in [2.75, 3.05) is 19.7 Å². The van der Waals surface area contributed by atoms with Crippen LogP contribution in [0, 0.1) is 6.92 Å². The molecule has 100 valence electrons. The minimum atomic E-state index is -0.375. The van der Waals surface area contributed by atoms with E-state index in [1.54, 1.807) is 13.1 Å². The number of nitrogens with zero attached hydrogens (tertiary/aromatic N) is 2. The number of amides is 1. The molecule has 18 heavy (non-hydrogen) atoms. The molecule has 0 bridgehead atoms. The summed E-state index contributed by atoms with van der Waals surface area (Å²) in [7, 11) is 0. The first-order valence-electron chi connectivity index (χ1n) is 5.95. The quantitative estimate of drug-likeness (QED) is 0.740. The van der Waals surface area contributed by atoms with Crippen LogP contribution in [0.3, 0.4) is 0 Å². The van der Waals surface area contributed by atoms with Crippen molar-refractivity contribution in [3.05, 3.63) is 16.1 Å². The molecule has 1 heterocycles. The Labute approximate surface area is 111 Å². The van der Waals surface area contributed by atoms with Crippen molar-refractivity contribution in [2.45, 2.75) is 27.2 Å².